The molecule has 0 saturated heterocycles. The predicted octanol–water partition coefficient (Wildman–Crippen LogP) is 3.65. The number of hydrogen-bond acceptors (Lipinski definition) is 8. The third kappa shape index (κ3) is 3.69. The molecule has 0 amide bonds. The molecule has 0 radical (unpaired) electrons. The van der Waals surface area contributed by atoms with Crippen molar-refractivity contribution in [3.63, 3.8) is 0 Å². The van der Waals surface area contributed by atoms with E-state index in [0.29, 0.717) is 22.7 Å². The number of rotatable bonds is 4. The second kappa shape index (κ2) is 8.29. The zero-order valence-corrected chi connectivity index (χ0v) is 17.8. The lowest BCUT2D eigenvalue weighted by Gasteiger charge is -2.31. The van der Waals surface area contributed by atoms with Crippen LogP contribution in [0.1, 0.15) is 0 Å². The minimum atomic E-state index is -0.658. The fourth-order valence-electron chi connectivity index (χ4n) is 3.15. The Morgan fingerprint density at radius 3 is 2.50 bits per heavy atom. The molecule has 0 aliphatic carbocycles. The van der Waals surface area contributed by atoms with Crippen LogP contribution in [0.25, 0.3) is 22.6 Å². The normalized spacial score (nSPS) is 14.2. The molecular formula is C21H17BrN2O6. The van der Waals surface area contributed by atoms with Crippen LogP contribution in [0.3, 0.4) is 0 Å². The van der Waals surface area contributed by atoms with Crippen molar-refractivity contribution >= 4 is 44.7 Å². The number of benzene rings is 2. The van der Waals surface area contributed by atoms with Crippen LogP contribution >= 0.6 is 15.9 Å². The Balaban J connectivity index is 1.76. The third-order valence-corrected chi connectivity index (χ3v) is 5.14. The molecule has 0 saturated carbocycles. The highest BCUT2D eigenvalue weighted by Gasteiger charge is 2.32. The number of methoxy groups -OCH3 is 2. The van der Waals surface area contributed by atoms with Crippen LogP contribution in [0, 0.1) is 0 Å². The minimum absolute atomic E-state index is 0.0481. The molecule has 1 aliphatic heterocycles. The van der Waals surface area contributed by atoms with E-state index in [2.05, 4.69) is 20.9 Å². The number of carbonyl (C=O) groups excluding carboxylic acids is 2. The zero-order valence-electron chi connectivity index (χ0n) is 16.2. The molecule has 0 atom stereocenters. The van der Waals surface area contributed by atoms with Crippen molar-refractivity contribution in [2.45, 2.75) is 0 Å². The molecular weight excluding hydrogens is 456 g/mol. The van der Waals surface area contributed by atoms with Crippen LogP contribution in [0.5, 0.6) is 0 Å². The molecule has 1 aliphatic rings. The average molecular weight is 473 g/mol. The van der Waals surface area contributed by atoms with Gasteiger partial charge in [-0.15, -0.1) is 0 Å². The van der Waals surface area contributed by atoms with Gasteiger partial charge >= 0.3 is 11.9 Å². The summed E-state index contributed by atoms with van der Waals surface area (Å²) in [6, 6.07) is 12.9. The largest absolute Gasteiger partial charge is 0.466 e. The van der Waals surface area contributed by atoms with E-state index in [1.54, 1.807) is 23.1 Å². The van der Waals surface area contributed by atoms with Gasteiger partial charge in [-0.3, -0.25) is 0 Å². The number of halogens is 1. The van der Waals surface area contributed by atoms with Gasteiger partial charge in [-0.05, 0) is 42.5 Å². The second-order valence-electron chi connectivity index (χ2n) is 6.39. The topological polar surface area (TPSA) is 91.1 Å². The summed E-state index contributed by atoms with van der Waals surface area (Å²) in [6.45, 7) is 0.0153. The van der Waals surface area contributed by atoms with Crippen LogP contribution in [0.2, 0.25) is 0 Å². The summed E-state index contributed by atoms with van der Waals surface area (Å²) in [7, 11) is 2.50. The van der Waals surface area contributed by atoms with Crippen molar-refractivity contribution in [1.82, 2.24) is 4.98 Å². The molecule has 3 aromatic rings. The van der Waals surface area contributed by atoms with Gasteiger partial charge in [0.1, 0.15) is 17.9 Å². The fraction of sp³-hybridized carbons (Fsp3) is 0.190. The van der Waals surface area contributed by atoms with Crippen molar-refractivity contribution in [1.29, 1.82) is 0 Å². The van der Waals surface area contributed by atoms with E-state index >= 15 is 0 Å². The van der Waals surface area contributed by atoms with Crippen LogP contribution in [0.15, 0.2) is 62.6 Å². The molecule has 2 heterocycles. The lowest BCUT2D eigenvalue weighted by atomic mass is 10.1. The summed E-state index contributed by atoms with van der Waals surface area (Å²) in [5.41, 5.74) is 2.78. The Morgan fingerprint density at radius 2 is 1.80 bits per heavy atom. The molecule has 9 heteroatoms. The monoisotopic (exact) mass is 472 g/mol. The molecule has 0 unspecified atom stereocenters. The molecule has 1 aromatic heterocycles. The lowest BCUT2D eigenvalue weighted by Crippen LogP contribution is -2.38. The smallest absolute Gasteiger partial charge is 0.355 e. The number of ether oxygens (including phenoxy) is 3. The van der Waals surface area contributed by atoms with E-state index in [0.717, 1.165) is 10.0 Å². The Labute approximate surface area is 180 Å². The summed E-state index contributed by atoms with van der Waals surface area (Å²) in [4.78, 5) is 30.7. The van der Waals surface area contributed by atoms with E-state index in [1.807, 2.05) is 24.3 Å². The average Bonchev–Trinajstić information content (AvgIpc) is 3.21. The Morgan fingerprint density at radius 1 is 1.07 bits per heavy atom. The lowest BCUT2D eigenvalue weighted by molar-refractivity contribution is -0.140. The SMILES string of the molecule is COC(=O)C1=C(C(=O)OC)N(c2ccc3oc(-c4ccc(Br)cc4)nc3c2)COC1. The van der Waals surface area contributed by atoms with E-state index in [4.69, 9.17) is 18.6 Å². The number of carbonyl (C=O) groups is 2. The number of nitrogens with zero attached hydrogens (tertiary/aromatic N) is 2. The van der Waals surface area contributed by atoms with Gasteiger partial charge in [0.15, 0.2) is 5.58 Å². The van der Waals surface area contributed by atoms with Crippen molar-refractivity contribution < 1.29 is 28.2 Å². The first-order valence-corrected chi connectivity index (χ1v) is 9.72. The van der Waals surface area contributed by atoms with E-state index in [-0.39, 0.29) is 24.6 Å². The van der Waals surface area contributed by atoms with Gasteiger partial charge < -0.3 is 23.5 Å². The second-order valence-corrected chi connectivity index (χ2v) is 7.31. The first-order valence-electron chi connectivity index (χ1n) is 8.93. The molecule has 8 nitrogen and oxygen atoms in total. The minimum Gasteiger partial charge on any atom is -0.466 e. The third-order valence-electron chi connectivity index (χ3n) is 4.61. The first kappa shape index (κ1) is 20.1. The molecule has 0 bridgehead atoms. The van der Waals surface area contributed by atoms with Gasteiger partial charge in [0.05, 0.1) is 26.4 Å². The number of anilines is 1. The van der Waals surface area contributed by atoms with Gasteiger partial charge in [-0.25, -0.2) is 14.6 Å². The van der Waals surface area contributed by atoms with Crippen LogP contribution in [-0.2, 0) is 23.8 Å². The van der Waals surface area contributed by atoms with Crippen LogP contribution in [0.4, 0.5) is 5.69 Å². The van der Waals surface area contributed by atoms with E-state index < -0.39 is 11.9 Å². The van der Waals surface area contributed by atoms with Gasteiger partial charge in [0.25, 0.3) is 0 Å². The Hall–Kier alpha value is -3.17. The van der Waals surface area contributed by atoms with Crippen molar-refractivity contribution in [2.24, 2.45) is 0 Å². The van der Waals surface area contributed by atoms with Gasteiger partial charge in [0, 0.05) is 15.7 Å². The summed E-state index contributed by atoms with van der Waals surface area (Å²) < 4.78 is 22.0. The summed E-state index contributed by atoms with van der Waals surface area (Å²) in [5, 5.41) is 0. The number of fused-ring (bicyclic) bond motifs is 1. The summed E-state index contributed by atoms with van der Waals surface area (Å²) in [6.07, 6.45) is 0. The molecule has 2 aromatic carbocycles. The molecule has 0 N–H and O–H groups in total. The van der Waals surface area contributed by atoms with Crippen LogP contribution < -0.4 is 4.90 Å². The highest BCUT2D eigenvalue weighted by Crippen LogP contribution is 2.31. The number of aromatic nitrogens is 1. The van der Waals surface area contributed by atoms with Crippen molar-refractivity contribution in [3.05, 3.63) is 58.2 Å². The van der Waals surface area contributed by atoms with Gasteiger partial charge in [0.2, 0.25) is 5.89 Å². The molecule has 154 valence electrons. The zero-order chi connectivity index (χ0) is 21.3. The summed E-state index contributed by atoms with van der Waals surface area (Å²) >= 11 is 3.41. The molecule has 4 rings (SSSR count). The van der Waals surface area contributed by atoms with Gasteiger partial charge in [-0.2, -0.15) is 0 Å². The van der Waals surface area contributed by atoms with E-state index in [1.165, 1.54) is 14.2 Å². The fourth-order valence-corrected chi connectivity index (χ4v) is 3.41. The van der Waals surface area contributed by atoms with E-state index in [9.17, 15) is 9.59 Å². The maximum Gasteiger partial charge on any atom is 0.355 e. The quantitative estimate of drug-likeness (QED) is 0.531. The highest BCUT2D eigenvalue weighted by molar-refractivity contribution is 9.10. The Bertz CT molecular complexity index is 1150. The maximum atomic E-state index is 12.4. The molecule has 30 heavy (non-hydrogen) atoms. The van der Waals surface area contributed by atoms with Gasteiger partial charge in [-0.1, -0.05) is 15.9 Å². The number of hydrogen-bond donors (Lipinski definition) is 0. The van der Waals surface area contributed by atoms with Crippen molar-refractivity contribution in [2.75, 3.05) is 32.5 Å². The Kier molecular flexibility index (Phi) is 5.56. The van der Waals surface area contributed by atoms with Crippen LogP contribution in [-0.4, -0.2) is 44.5 Å². The molecule has 0 spiro atoms. The first-order chi connectivity index (χ1) is 14.5. The number of esters is 2. The highest BCUT2D eigenvalue weighted by atomic mass is 79.9. The summed E-state index contributed by atoms with van der Waals surface area (Å²) in [5.74, 6) is -0.835. The maximum absolute atomic E-state index is 12.4. The predicted molar refractivity (Wildman–Crippen MR) is 112 cm³/mol. The standard InChI is InChI=1S/C21H17BrN2O6/c1-27-20(25)15-10-29-11-24(18(15)21(26)28-2)14-7-8-17-16(9-14)23-19(30-17)12-3-5-13(22)6-4-12/h3-9H,10-11H2,1-2H3. The van der Waals surface area contributed by atoms with Crippen molar-refractivity contribution in [3.8, 4) is 11.5 Å². The molecule has 0 fully saturated rings. The number of oxazole rings is 1.